The van der Waals surface area contributed by atoms with Crippen molar-refractivity contribution in [3.8, 4) is 0 Å². The van der Waals surface area contributed by atoms with Gasteiger partial charge in [-0.25, -0.2) is 0 Å². The Morgan fingerprint density at radius 2 is 2.14 bits per heavy atom. The van der Waals surface area contributed by atoms with Gasteiger partial charge in [-0.1, -0.05) is 32.9 Å². The summed E-state index contributed by atoms with van der Waals surface area (Å²) in [5.74, 6) is 0.718. The van der Waals surface area contributed by atoms with Crippen molar-refractivity contribution in [3.05, 3.63) is 34.9 Å². The molecule has 0 radical (unpaired) electrons. The summed E-state index contributed by atoms with van der Waals surface area (Å²) in [4.78, 5) is 12.2. The molecule has 0 bridgehead atoms. The van der Waals surface area contributed by atoms with Crippen molar-refractivity contribution >= 4 is 5.91 Å². The first-order valence-electron chi connectivity index (χ1n) is 8.26. The number of carbonyl (C=O) groups excluding carboxylic acids is 1. The molecule has 1 aliphatic heterocycles. The molecule has 3 heteroatoms. The lowest BCUT2D eigenvalue weighted by atomic mass is 9.93. The van der Waals surface area contributed by atoms with E-state index in [1.165, 1.54) is 11.1 Å². The molecule has 2 N–H and O–H groups in total. The highest BCUT2D eigenvalue weighted by Gasteiger charge is 2.19. The van der Waals surface area contributed by atoms with Crippen LogP contribution in [0.25, 0.3) is 0 Å². The first-order chi connectivity index (χ1) is 10.1. The molecule has 1 unspecified atom stereocenters. The average Bonchev–Trinajstić information content (AvgIpc) is 2.65. The fourth-order valence-electron chi connectivity index (χ4n) is 2.94. The van der Waals surface area contributed by atoms with Crippen LogP contribution in [-0.2, 0) is 6.42 Å². The summed E-state index contributed by atoms with van der Waals surface area (Å²) in [6.07, 6.45) is 4.24. The molecule has 0 aromatic heterocycles. The predicted octanol–water partition coefficient (Wildman–Crippen LogP) is 3.45. The van der Waals surface area contributed by atoms with E-state index in [0.717, 1.165) is 44.3 Å². The summed E-state index contributed by atoms with van der Waals surface area (Å²) >= 11 is 0. The number of rotatable bonds is 6. The summed E-state index contributed by atoms with van der Waals surface area (Å²) in [5, 5.41) is 6.61. The number of benzene rings is 1. The van der Waals surface area contributed by atoms with Gasteiger partial charge in [0, 0.05) is 18.2 Å². The Bertz CT molecular complexity index is 482. The van der Waals surface area contributed by atoms with E-state index in [4.69, 9.17) is 0 Å². The molecule has 1 aliphatic rings. The molecule has 1 aromatic carbocycles. The second-order valence-corrected chi connectivity index (χ2v) is 6.41. The lowest BCUT2D eigenvalue weighted by molar-refractivity contribution is 0.0956. The minimum Gasteiger partial charge on any atom is -0.352 e. The number of hydrogen-bond donors (Lipinski definition) is 2. The van der Waals surface area contributed by atoms with E-state index in [2.05, 4.69) is 49.6 Å². The quantitative estimate of drug-likeness (QED) is 0.842. The summed E-state index contributed by atoms with van der Waals surface area (Å²) in [7, 11) is 0. The molecule has 2 rings (SSSR count). The molecule has 21 heavy (non-hydrogen) atoms. The molecule has 0 aliphatic carbocycles. The number of aryl methyl sites for hydroxylation is 1. The molecule has 1 atom stereocenters. The Labute approximate surface area is 128 Å². The van der Waals surface area contributed by atoms with Crippen molar-refractivity contribution in [2.75, 3.05) is 13.1 Å². The summed E-state index contributed by atoms with van der Waals surface area (Å²) in [6.45, 7) is 8.48. The first-order valence-corrected chi connectivity index (χ1v) is 8.26. The van der Waals surface area contributed by atoms with E-state index < -0.39 is 0 Å². The zero-order valence-electron chi connectivity index (χ0n) is 13.5. The van der Waals surface area contributed by atoms with Gasteiger partial charge in [-0.05, 0) is 55.3 Å². The zero-order valence-corrected chi connectivity index (χ0v) is 13.5. The molecule has 116 valence electrons. The Kier molecular flexibility index (Phi) is 5.80. The van der Waals surface area contributed by atoms with Crippen LogP contribution in [0.15, 0.2) is 18.2 Å². The normalized spacial score (nSPS) is 16.3. The highest BCUT2D eigenvalue weighted by molar-refractivity contribution is 5.96. The molecule has 1 amide bonds. The molecule has 3 nitrogen and oxygen atoms in total. The van der Waals surface area contributed by atoms with Gasteiger partial charge in [-0.15, -0.1) is 0 Å². The summed E-state index contributed by atoms with van der Waals surface area (Å²) < 4.78 is 0. The van der Waals surface area contributed by atoms with Gasteiger partial charge in [0.15, 0.2) is 0 Å². The van der Waals surface area contributed by atoms with Crippen LogP contribution in [0.2, 0.25) is 0 Å². The van der Waals surface area contributed by atoms with Crippen LogP contribution in [0.1, 0.15) is 67.6 Å². The van der Waals surface area contributed by atoms with Crippen molar-refractivity contribution in [2.24, 2.45) is 5.92 Å². The number of fused-ring (bicyclic) bond motifs is 1. The van der Waals surface area contributed by atoms with Gasteiger partial charge in [0.25, 0.3) is 5.91 Å². The van der Waals surface area contributed by atoms with Crippen molar-refractivity contribution < 1.29 is 4.79 Å². The number of nitrogens with one attached hydrogen (secondary N) is 2. The van der Waals surface area contributed by atoms with Crippen molar-refractivity contribution in [1.82, 2.24) is 10.6 Å². The van der Waals surface area contributed by atoms with Crippen LogP contribution in [0.5, 0.6) is 0 Å². The van der Waals surface area contributed by atoms with E-state index in [9.17, 15) is 4.79 Å². The predicted molar refractivity (Wildman–Crippen MR) is 87.6 cm³/mol. The number of carbonyl (C=O) groups is 1. The maximum Gasteiger partial charge on any atom is 0.251 e. The third-order valence-electron chi connectivity index (χ3n) is 4.04. The largest absolute Gasteiger partial charge is 0.352 e. The molecule has 0 saturated carbocycles. The second-order valence-electron chi connectivity index (χ2n) is 6.41. The van der Waals surface area contributed by atoms with Gasteiger partial charge in [-0.3, -0.25) is 4.79 Å². The third kappa shape index (κ3) is 4.31. The lowest BCUT2D eigenvalue weighted by Crippen LogP contribution is -2.25. The molecule has 1 heterocycles. The van der Waals surface area contributed by atoms with Crippen LogP contribution < -0.4 is 10.6 Å². The van der Waals surface area contributed by atoms with Crippen LogP contribution in [0.4, 0.5) is 0 Å². The van der Waals surface area contributed by atoms with Crippen LogP contribution in [0.3, 0.4) is 0 Å². The molecule has 0 saturated heterocycles. The third-order valence-corrected chi connectivity index (χ3v) is 4.04. The van der Waals surface area contributed by atoms with E-state index >= 15 is 0 Å². The fourth-order valence-corrected chi connectivity index (χ4v) is 2.94. The maximum atomic E-state index is 12.2. The zero-order chi connectivity index (χ0) is 15.2. The Morgan fingerprint density at radius 1 is 1.33 bits per heavy atom. The van der Waals surface area contributed by atoms with E-state index in [1.54, 1.807) is 0 Å². The van der Waals surface area contributed by atoms with Gasteiger partial charge in [-0.2, -0.15) is 0 Å². The first kappa shape index (κ1) is 16.0. The van der Waals surface area contributed by atoms with Gasteiger partial charge >= 0.3 is 0 Å². The monoisotopic (exact) mass is 288 g/mol. The van der Waals surface area contributed by atoms with Gasteiger partial charge in [0.1, 0.15) is 0 Å². The molecular weight excluding hydrogens is 260 g/mol. The Balaban J connectivity index is 2.26. The number of amides is 1. The van der Waals surface area contributed by atoms with Crippen molar-refractivity contribution in [2.45, 2.75) is 52.5 Å². The van der Waals surface area contributed by atoms with E-state index in [1.807, 2.05) is 0 Å². The molecule has 1 aromatic rings. The van der Waals surface area contributed by atoms with E-state index in [-0.39, 0.29) is 5.91 Å². The summed E-state index contributed by atoms with van der Waals surface area (Å²) in [6, 6.07) is 6.79. The van der Waals surface area contributed by atoms with Gasteiger partial charge in [0.05, 0.1) is 0 Å². The highest BCUT2D eigenvalue weighted by atomic mass is 16.1. The van der Waals surface area contributed by atoms with Crippen LogP contribution in [-0.4, -0.2) is 19.0 Å². The fraction of sp³-hybridized carbons (Fsp3) is 0.611. The Morgan fingerprint density at radius 3 is 2.86 bits per heavy atom. The minimum atomic E-state index is 0.0862. The minimum absolute atomic E-state index is 0.0862. The van der Waals surface area contributed by atoms with Crippen molar-refractivity contribution in [3.63, 3.8) is 0 Å². The highest BCUT2D eigenvalue weighted by Crippen LogP contribution is 2.25. The van der Waals surface area contributed by atoms with Crippen LogP contribution >= 0.6 is 0 Å². The molecule has 0 fully saturated rings. The molecule has 0 spiro atoms. The number of hydrogen-bond acceptors (Lipinski definition) is 2. The average molecular weight is 288 g/mol. The topological polar surface area (TPSA) is 41.1 Å². The SMILES string of the molecule is CCCNC(CC(C)C)c1ccc2c(c1)C(=O)NCCC2. The smallest absolute Gasteiger partial charge is 0.251 e. The van der Waals surface area contributed by atoms with Crippen LogP contribution in [0, 0.1) is 5.92 Å². The molecular formula is C18H28N2O. The van der Waals surface area contributed by atoms with Gasteiger partial charge < -0.3 is 10.6 Å². The van der Waals surface area contributed by atoms with Crippen molar-refractivity contribution in [1.29, 1.82) is 0 Å². The van der Waals surface area contributed by atoms with Gasteiger partial charge in [0.2, 0.25) is 0 Å². The summed E-state index contributed by atoms with van der Waals surface area (Å²) in [5.41, 5.74) is 3.30. The lowest BCUT2D eigenvalue weighted by Gasteiger charge is -2.22. The Hall–Kier alpha value is -1.35. The standard InChI is InChI=1S/C18H28N2O/c1-4-9-19-17(11-13(2)3)15-8-7-14-6-5-10-20-18(21)16(14)12-15/h7-8,12-13,17,19H,4-6,9-11H2,1-3H3,(H,20,21). The van der Waals surface area contributed by atoms with E-state index in [0.29, 0.717) is 12.0 Å². The maximum absolute atomic E-state index is 12.2. The second kappa shape index (κ2) is 7.60.